The Morgan fingerprint density at radius 3 is 2.23 bits per heavy atom. The normalized spacial score (nSPS) is 17.2. The minimum absolute atomic E-state index is 0.00615. The molecule has 1 aliphatic carbocycles. The van der Waals surface area contributed by atoms with Gasteiger partial charge in [-0.15, -0.1) is 0 Å². The first-order valence-corrected chi connectivity index (χ1v) is 17.7. The minimum Gasteiger partial charge on any atom is -0.493 e. The molecule has 0 atom stereocenters. The number of methoxy groups -OCH3 is 1. The van der Waals surface area contributed by atoms with Gasteiger partial charge >= 0.3 is 12.2 Å². The summed E-state index contributed by atoms with van der Waals surface area (Å²) in [4.78, 5) is 59.2. The number of carbonyl (C=O) groups excluding carboxylic acids is 3. The van der Waals surface area contributed by atoms with Crippen LogP contribution in [-0.2, 0) is 27.4 Å². The molecule has 0 unspecified atom stereocenters. The van der Waals surface area contributed by atoms with E-state index in [4.69, 9.17) is 18.9 Å². The lowest BCUT2D eigenvalue weighted by atomic mass is 9.70. The van der Waals surface area contributed by atoms with Gasteiger partial charge in [0.15, 0.2) is 11.5 Å². The number of aromatic nitrogens is 2. The second kappa shape index (κ2) is 16.8. The van der Waals surface area contributed by atoms with E-state index in [9.17, 15) is 19.2 Å². The van der Waals surface area contributed by atoms with Gasteiger partial charge in [-0.2, -0.15) is 0 Å². The minimum atomic E-state index is -0.840. The van der Waals surface area contributed by atoms with Gasteiger partial charge < -0.3 is 24.3 Å². The molecule has 3 aromatic carbocycles. The van der Waals surface area contributed by atoms with Crippen molar-refractivity contribution >= 4 is 29.0 Å². The number of amides is 3. The zero-order chi connectivity index (χ0) is 37.3. The van der Waals surface area contributed by atoms with Gasteiger partial charge in [0, 0.05) is 24.6 Å². The highest BCUT2D eigenvalue weighted by atomic mass is 16.6. The molecule has 1 aliphatic rings. The maximum Gasteiger partial charge on any atom is 0.417 e. The molecule has 3 amide bonds. The van der Waals surface area contributed by atoms with Crippen LogP contribution in [-0.4, -0.2) is 64.4 Å². The second-order valence-electron chi connectivity index (χ2n) is 14.1. The summed E-state index contributed by atoms with van der Waals surface area (Å²) in [6, 6.07) is 22.3. The van der Waals surface area contributed by atoms with Gasteiger partial charge in [0.25, 0.3) is 5.56 Å². The summed E-state index contributed by atoms with van der Waals surface area (Å²) in [5, 5.41) is 3.05. The summed E-state index contributed by atoms with van der Waals surface area (Å²) in [6.45, 7) is 7.54. The van der Waals surface area contributed by atoms with Gasteiger partial charge in [0.05, 0.1) is 37.0 Å². The number of benzene rings is 3. The third kappa shape index (κ3) is 9.48. The molecular formula is C40H48N4O8. The first kappa shape index (κ1) is 37.9. The van der Waals surface area contributed by atoms with Crippen LogP contribution < -0.4 is 20.3 Å². The lowest BCUT2D eigenvalue weighted by molar-refractivity contribution is -0.144. The predicted molar refractivity (Wildman–Crippen MR) is 196 cm³/mol. The van der Waals surface area contributed by atoms with Crippen molar-refractivity contribution in [2.45, 2.75) is 84.7 Å². The Bertz CT molecular complexity index is 1900. The third-order valence-corrected chi connectivity index (χ3v) is 9.30. The van der Waals surface area contributed by atoms with E-state index in [1.807, 2.05) is 67.6 Å². The van der Waals surface area contributed by atoms with Gasteiger partial charge in [-0.1, -0.05) is 67.6 Å². The van der Waals surface area contributed by atoms with E-state index < -0.39 is 23.2 Å². The van der Waals surface area contributed by atoms with E-state index in [0.717, 1.165) is 16.0 Å². The zero-order valence-corrected chi connectivity index (χ0v) is 30.6. The highest BCUT2D eigenvalue weighted by molar-refractivity contribution is 5.95. The molecule has 1 N–H and O–H groups in total. The number of rotatable bonds is 12. The number of nitrogens with zero attached hydrogens (tertiary/aromatic N) is 3. The molecule has 1 saturated carbocycles. The Morgan fingerprint density at radius 1 is 0.962 bits per heavy atom. The molecule has 0 spiro atoms. The average Bonchev–Trinajstić information content (AvgIpc) is 3.14. The summed E-state index contributed by atoms with van der Waals surface area (Å²) in [7, 11) is 1.54. The topological polar surface area (TPSA) is 138 Å². The smallest absolute Gasteiger partial charge is 0.417 e. The summed E-state index contributed by atoms with van der Waals surface area (Å²) >= 11 is 0. The van der Waals surface area contributed by atoms with Gasteiger partial charge in [0.2, 0.25) is 5.91 Å². The number of nitrogens with one attached hydrogen (secondary N) is 1. The predicted octanol–water partition coefficient (Wildman–Crippen LogP) is 6.86. The molecule has 0 saturated heterocycles. The Labute approximate surface area is 304 Å². The van der Waals surface area contributed by atoms with Crippen molar-refractivity contribution in [1.29, 1.82) is 0 Å². The quantitative estimate of drug-likeness (QED) is 0.167. The highest BCUT2D eigenvalue weighted by Crippen LogP contribution is 2.43. The van der Waals surface area contributed by atoms with Crippen molar-refractivity contribution < 1.29 is 33.3 Å². The van der Waals surface area contributed by atoms with E-state index >= 15 is 0 Å². The van der Waals surface area contributed by atoms with Gasteiger partial charge in [-0.25, -0.2) is 19.5 Å². The number of hydrogen-bond donors (Lipinski definition) is 1. The van der Waals surface area contributed by atoms with Crippen molar-refractivity contribution in [2.75, 3.05) is 20.2 Å². The van der Waals surface area contributed by atoms with Gasteiger partial charge in [-0.3, -0.25) is 14.2 Å². The summed E-state index contributed by atoms with van der Waals surface area (Å²) < 4.78 is 24.6. The van der Waals surface area contributed by atoms with Crippen LogP contribution in [0.5, 0.6) is 11.5 Å². The standard InChI is InChI=1S/C40H48N4O8/c1-6-40(36(46)44(38(48)52-39(2,3)4)22-21-41-37(47)50-26-29-15-11-8-12-16-29)19-17-30(18-20-40)51-34-23-31-32(24-33(34)49-5)42-27-43(35(31)45)25-28-13-9-7-10-14-28/h7-16,23-24,27,30H,6,17-22,25-26H2,1-5H3,(H,41,47)/t30-,40+. The van der Waals surface area contributed by atoms with E-state index in [2.05, 4.69) is 10.3 Å². The van der Waals surface area contributed by atoms with E-state index in [1.165, 1.54) is 13.4 Å². The maximum absolute atomic E-state index is 14.3. The lowest BCUT2D eigenvalue weighted by Gasteiger charge is -2.41. The molecule has 1 heterocycles. The van der Waals surface area contributed by atoms with Crippen molar-refractivity contribution in [2.24, 2.45) is 5.41 Å². The molecule has 52 heavy (non-hydrogen) atoms. The third-order valence-electron chi connectivity index (χ3n) is 9.30. The number of fused-ring (bicyclic) bond motifs is 1. The Balaban J connectivity index is 1.26. The van der Waals surface area contributed by atoms with Crippen LogP contribution in [0.1, 0.15) is 70.9 Å². The largest absolute Gasteiger partial charge is 0.493 e. The summed E-state index contributed by atoms with van der Waals surface area (Å²) in [5.41, 5.74) is 0.454. The molecule has 0 bridgehead atoms. The first-order valence-electron chi connectivity index (χ1n) is 17.7. The molecule has 276 valence electrons. The highest BCUT2D eigenvalue weighted by Gasteiger charge is 2.45. The lowest BCUT2D eigenvalue weighted by Crippen LogP contribution is -2.52. The molecule has 1 fully saturated rings. The fraction of sp³-hybridized carbons (Fsp3) is 0.425. The van der Waals surface area contributed by atoms with E-state index in [-0.39, 0.29) is 37.3 Å². The van der Waals surface area contributed by atoms with Crippen LogP contribution in [0.2, 0.25) is 0 Å². The molecule has 5 rings (SSSR count). The SMILES string of the molecule is CC[C@]1(C(=O)N(CCNC(=O)OCc2ccccc2)C(=O)OC(C)(C)C)CC[C@@H](Oc2cc3c(=O)n(Cc4ccccc4)cnc3cc2OC)CC1. The second-order valence-corrected chi connectivity index (χ2v) is 14.1. The summed E-state index contributed by atoms with van der Waals surface area (Å²) in [6.07, 6.45) is 2.31. The average molecular weight is 713 g/mol. The van der Waals surface area contributed by atoms with Crippen LogP contribution in [0.25, 0.3) is 10.9 Å². The fourth-order valence-corrected chi connectivity index (χ4v) is 6.39. The number of imide groups is 1. The van der Waals surface area contributed by atoms with Crippen LogP contribution in [0.3, 0.4) is 0 Å². The molecule has 0 aliphatic heterocycles. The van der Waals surface area contributed by atoms with Crippen LogP contribution in [0.15, 0.2) is 83.9 Å². The monoisotopic (exact) mass is 712 g/mol. The summed E-state index contributed by atoms with van der Waals surface area (Å²) in [5.74, 6) is 0.525. The number of ether oxygens (including phenoxy) is 4. The molecule has 12 heteroatoms. The molecular weight excluding hydrogens is 664 g/mol. The number of alkyl carbamates (subject to hydrolysis) is 1. The Morgan fingerprint density at radius 2 is 1.62 bits per heavy atom. The van der Waals surface area contributed by atoms with Crippen molar-refractivity contribution in [1.82, 2.24) is 19.8 Å². The molecule has 0 radical (unpaired) electrons. The molecule has 12 nitrogen and oxygen atoms in total. The molecule has 1 aromatic heterocycles. The van der Waals surface area contributed by atoms with Gasteiger partial charge in [-0.05, 0) is 70.1 Å². The zero-order valence-electron chi connectivity index (χ0n) is 30.6. The van der Waals surface area contributed by atoms with Crippen molar-refractivity contribution in [3.63, 3.8) is 0 Å². The van der Waals surface area contributed by atoms with Crippen LogP contribution in [0, 0.1) is 5.41 Å². The number of hydrogen-bond acceptors (Lipinski definition) is 9. The van der Waals surface area contributed by atoms with Crippen LogP contribution in [0.4, 0.5) is 9.59 Å². The van der Waals surface area contributed by atoms with Crippen molar-refractivity contribution in [3.8, 4) is 11.5 Å². The first-order chi connectivity index (χ1) is 24.9. The Hall–Kier alpha value is -5.39. The van der Waals surface area contributed by atoms with E-state index in [1.54, 1.807) is 37.5 Å². The van der Waals surface area contributed by atoms with Crippen molar-refractivity contribution in [3.05, 3.63) is 101 Å². The fourth-order valence-electron chi connectivity index (χ4n) is 6.39. The molecule has 4 aromatic rings. The van der Waals surface area contributed by atoms with E-state index in [0.29, 0.717) is 61.1 Å². The maximum atomic E-state index is 14.3. The van der Waals surface area contributed by atoms with Gasteiger partial charge in [0.1, 0.15) is 12.2 Å². The Kier molecular flexibility index (Phi) is 12.2. The van der Waals surface area contributed by atoms with Crippen LogP contribution >= 0.6 is 0 Å². The number of carbonyl (C=O) groups is 3.